The highest BCUT2D eigenvalue weighted by Gasteiger charge is 2.26. The fraction of sp³-hybridized carbons (Fsp3) is 0.583. The van der Waals surface area contributed by atoms with E-state index < -0.39 is 0 Å². The number of rotatable bonds is 4. The van der Waals surface area contributed by atoms with Gasteiger partial charge in [0.1, 0.15) is 5.51 Å². The van der Waals surface area contributed by atoms with E-state index in [4.69, 9.17) is 0 Å². The first-order valence-electron chi connectivity index (χ1n) is 6.09. The largest absolute Gasteiger partial charge is 0.300 e. The van der Waals surface area contributed by atoms with Gasteiger partial charge in [-0.1, -0.05) is 23.5 Å². The van der Waals surface area contributed by atoms with E-state index in [0.717, 1.165) is 38.0 Å². The third-order valence-corrected chi connectivity index (χ3v) is 3.57. The summed E-state index contributed by atoms with van der Waals surface area (Å²) in [5.41, 5.74) is 2.75. The zero-order chi connectivity index (χ0) is 13.0. The number of piperidine rings is 1. The molecule has 1 aliphatic heterocycles. The molecule has 0 aliphatic carbocycles. The lowest BCUT2D eigenvalue weighted by molar-refractivity contribution is -0.121. The molecule has 0 spiro atoms. The van der Waals surface area contributed by atoms with E-state index in [2.05, 4.69) is 27.0 Å². The topological polar surface area (TPSA) is 58.1 Å². The van der Waals surface area contributed by atoms with Crippen molar-refractivity contribution < 1.29 is 4.79 Å². The van der Waals surface area contributed by atoms with Crippen molar-refractivity contribution in [3.63, 3.8) is 0 Å². The molecule has 18 heavy (non-hydrogen) atoms. The van der Waals surface area contributed by atoms with Crippen molar-refractivity contribution in [2.45, 2.75) is 19.8 Å². The average molecular weight is 266 g/mol. The van der Waals surface area contributed by atoms with E-state index in [0.29, 0.717) is 5.13 Å². The van der Waals surface area contributed by atoms with E-state index in [9.17, 15) is 4.79 Å². The average Bonchev–Trinajstić information content (AvgIpc) is 2.81. The first-order chi connectivity index (χ1) is 8.65. The Kier molecular flexibility index (Phi) is 4.43. The van der Waals surface area contributed by atoms with Gasteiger partial charge in [0, 0.05) is 13.1 Å². The molecular formula is C12H18N4OS. The van der Waals surface area contributed by atoms with Crippen molar-refractivity contribution >= 4 is 22.4 Å². The summed E-state index contributed by atoms with van der Waals surface area (Å²) < 4.78 is 0. The molecule has 2 heterocycles. The van der Waals surface area contributed by atoms with Gasteiger partial charge in [0.15, 0.2) is 0 Å². The number of nitrogens with zero attached hydrogens (tertiary/aromatic N) is 3. The highest BCUT2D eigenvalue weighted by molar-refractivity contribution is 7.13. The predicted molar refractivity (Wildman–Crippen MR) is 72.5 cm³/mol. The Morgan fingerprint density at radius 2 is 2.56 bits per heavy atom. The van der Waals surface area contributed by atoms with Crippen molar-refractivity contribution in [1.82, 2.24) is 15.1 Å². The summed E-state index contributed by atoms with van der Waals surface area (Å²) in [5.74, 6) is 0.0974. The Bertz CT molecular complexity index is 418. The van der Waals surface area contributed by atoms with Crippen molar-refractivity contribution in [3.8, 4) is 0 Å². The molecule has 2 rings (SSSR count). The number of anilines is 1. The number of carbonyl (C=O) groups is 1. The van der Waals surface area contributed by atoms with Gasteiger partial charge in [0.05, 0.1) is 5.92 Å². The van der Waals surface area contributed by atoms with Crippen LogP contribution >= 0.6 is 11.3 Å². The van der Waals surface area contributed by atoms with E-state index in [1.807, 2.05) is 6.92 Å². The van der Waals surface area contributed by atoms with Crippen LogP contribution in [-0.2, 0) is 4.79 Å². The normalized spacial score (nSPS) is 20.6. The van der Waals surface area contributed by atoms with Crippen molar-refractivity contribution in [2.75, 3.05) is 25.0 Å². The fourth-order valence-corrected chi connectivity index (χ4v) is 2.68. The Balaban J connectivity index is 1.88. The van der Waals surface area contributed by atoms with Crippen LogP contribution in [0.1, 0.15) is 19.8 Å². The van der Waals surface area contributed by atoms with Gasteiger partial charge in [-0.2, -0.15) is 0 Å². The van der Waals surface area contributed by atoms with Crippen molar-refractivity contribution in [2.24, 2.45) is 5.92 Å². The molecule has 1 atom stereocenters. The van der Waals surface area contributed by atoms with Gasteiger partial charge < -0.3 is 5.32 Å². The van der Waals surface area contributed by atoms with Gasteiger partial charge in [-0.25, -0.2) is 0 Å². The number of hydrogen-bond donors (Lipinski definition) is 1. The molecule has 1 aromatic heterocycles. The van der Waals surface area contributed by atoms with Crippen LogP contribution in [0, 0.1) is 5.92 Å². The molecule has 1 aromatic rings. The lowest BCUT2D eigenvalue weighted by Gasteiger charge is -2.31. The van der Waals surface area contributed by atoms with Crippen LogP contribution in [0.2, 0.25) is 0 Å². The van der Waals surface area contributed by atoms with Crippen LogP contribution in [0.15, 0.2) is 17.7 Å². The molecule has 0 bridgehead atoms. The molecular weight excluding hydrogens is 248 g/mol. The molecule has 0 radical (unpaired) electrons. The summed E-state index contributed by atoms with van der Waals surface area (Å²) in [6.45, 7) is 8.67. The fourth-order valence-electron chi connectivity index (χ4n) is 2.23. The smallest absolute Gasteiger partial charge is 0.230 e. The van der Waals surface area contributed by atoms with Crippen LogP contribution < -0.4 is 5.32 Å². The maximum absolute atomic E-state index is 12.1. The standard InChI is InChI=1S/C12H18N4OS/c1-9(2)6-16-5-3-4-10(7-16)11(17)14-12-15-13-8-18-12/h8,10H,1,3-7H2,2H3,(H,14,15,17)/t10-/m0/s1. The van der Waals surface area contributed by atoms with Gasteiger partial charge in [-0.3, -0.25) is 9.69 Å². The summed E-state index contributed by atoms with van der Waals surface area (Å²) in [4.78, 5) is 14.4. The maximum atomic E-state index is 12.1. The van der Waals surface area contributed by atoms with Crippen molar-refractivity contribution in [1.29, 1.82) is 0 Å². The molecule has 6 heteroatoms. The number of likely N-dealkylation sites (tertiary alicyclic amines) is 1. The third kappa shape index (κ3) is 3.61. The number of nitrogens with one attached hydrogen (secondary N) is 1. The van der Waals surface area contributed by atoms with Gasteiger partial charge in [-0.15, -0.1) is 10.2 Å². The van der Waals surface area contributed by atoms with Crippen LogP contribution in [0.4, 0.5) is 5.13 Å². The van der Waals surface area contributed by atoms with Crippen LogP contribution in [0.5, 0.6) is 0 Å². The summed E-state index contributed by atoms with van der Waals surface area (Å²) in [7, 11) is 0. The molecule has 1 N–H and O–H groups in total. The van der Waals surface area contributed by atoms with Crippen LogP contribution in [0.25, 0.3) is 0 Å². The monoisotopic (exact) mass is 266 g/mol. The Hall–Kier alpha value is -1.27. The summed E-state index contributed by atoms with van der Waals surface area (Å²) in [5, 5.41) is 10.9. The van der Waals surface area contributed by atoms with Gasteiger partial charge in [0.2, 0.25) is 11.0 Å². The number of carbonyl (C=O) groups excluding carboxylic acids is 1. The molecule has 0 aromatic carbocycles. The first kappa shape index (κ1) is 13.2. The number of hydrogen-bond acceptors (Lipinski definition) is 5. The summed E-state index contributed by atoms with van der Waals surface area (Å²) >= 11 is 1.34. The molecule has 5 nitrogen and oxygen atoms in total. The van der Waals surface area contributed by atoms with Crippen LogP contribution in [0.3, 0.4) is 0 Å². The minimum atomic E-state index is 0.0435. The highest BCUT2D eigenvalue weighted by atomic mass is 32.1. The van der Waals surface area contributed by atoms with Crippen LogP contribution in [-0.4, -0.2) is 40.6 Å². The molecule has 1 saturated heterocycles. The van der Waals surface area contributed by atoms with Crippen molar-refractivity contribution in [3.05, 3.63) is 17.7 Å². The molecule has 1 fully saturated rings. The summed E-state index contributed by atoms with van der Waals surface area (Å²) in [6.07, 6.45) is 2.00. The maximum Gasteiger partial charge on any atom is 0.230 e. The number of amides is 1. The SMILES string of the molecule is C=C(C)CN1CCC[C@H](C(=O)Nc2nncs2)C1. The van der Waals surface area contributed by atoms with E-state index >= 15 is 0 Å². The Morgan fingerprint density at radius 1 is 1.72 bits per heavy atom. The second-order valence-corrected chi connectivity index (χ2v) is 5.60. The molecule has 98 valence electrons. The first-order valence-corrected chi connectivity index (χ1v) is 6.97. The molecule has 0 saturated carbocycles. The zero-order valence-electron chi connectivity index (χ0n) is 10.6. The predicted octanol–water partition coefficient (Wildman–Crippen LogP) is 1.76. The molecule has 1 amide bonds. The van der Waals surface area contributed by atoms with E-state index in [1.165, 1.54) is 11.3 Å². The Morgan fingerprint density at radius 3 is 3.22 bits per heavy atom. The second-order valence-electron chi connectivity index (χ2n) is 4.76. The van der Waals surface area contributed by atoms with E-state index in [1.54, 1.807) is 5.51 Å². The van der Waals surface area contributed by atoms with E-state index in [-0.39, 0.29) is 11.8 Å². The quantitative estimate of drug-likeness (QED) is 0.844. The highest BCUT2D eigenvalue weighted by Crippen LogP contribution is 2.19. The Labute approximate surface area is 111 Å². The summed E-state index contributed by atoms with van der Waals surface area (Å²) in [6, 6.07) is 0. The third-order valence-electron chi connectivity index (χ3n) is 2.96. The lowest BCUT2D eigenvalue weighted by atomic mass is 9.97. The van der Waals surface area contributed by atoms with Gasteiger partial charge in [0.25, 0.3) is 0 Å². The lowest BCUT2D eigenvalue weighted by Crippen LogP contribution is -2.41. The minimum absolute atomic E-state index is 0.0435. The van der Waals surface area contributed by atoms with Gasteiger partial charge in [-0.05, 0) is 26.3 Å². The molecule has 1 aliphatic rings. The second kappa shape index (κ2) is 6.06. The zero-order valence-corrected chi connectivity index (χ0v) is 11.4. The number of aromatic nitrogens is 2. The molecule has 0 unspecified atom stereocenters. The van der Waals surface area contributed by atoms with Gasteiger partial charge >= 0.3 is 0 Å². The minimum Gasteiger partial charge on any atom is -0.300 e.